The minimum atomic E-state index is -0.615. The van der Waals surface area contributed by atoms with E-state index < -0.39 is 5.38 Å². The van der Waals surface area contributed by atoms with E-state index in [1.54, 1.807) is 6.08 Å². The van der Waals surface area contributed by atoms with Gasteiger partial charge >= 0.3 is 0 Å². The molecular weight excluding hydrogens is 210 g/mol. The van der Waals surface area contributed by atoms with Crippen LogP contribution in [0.4, 0.5) is 0 Å². The molecular formula is C12H14ClNO. The van der Waals surface area contributed by atoms with Crippen molar-refractivity contribution in [3.63, 3.8) is 0 Å². The Labute approximate surface area is 94.9 Å². The maximum atomic E-state index is 11.5. The molecule has 0 aromatic heterocycles. The summed E-state index contributed by atoms with van der Waals surface area (Å²) >= 11 is 6.00. The number of halogens is 1. The van der Waals surface area contributed by atoms with Gasteiger partial charge in [-0.3, -0.25) is 4.79 Å². The van der Waals surface area contributed by atoms with Crippen molar-refractivity contribution >= 4 is 17.5 Å². The summed E-state index contributed by atoms with van der Waals surface area (Å²) in [6.45, 7) is 4.16. The lowest BCUT2D eigenvalue weighted by molar-refractivity contribution is -0.120. The Balaban J connectivity index is 2.50. The quantitative estimate of drug-likeness (QED) is 0.464. The summed E-state index contributed by atoms with van der Waals surface area (Å²) in [5.74, 6) is -0.162. The second kappa shape index (κ2) is 6.25. The van der Waals surface area contributed by atoms with E-state index in [1.165, 1.54) is 0 Å². The number of benzene rings is 1. The fourth-order valence-corrected chi connectivity index (χ4v) is 1.38. The Morgan fingerprint density at radius 1 is 1.47 bits per heavy atom. The van der Waals surface area contributed by atoms with Gasteiger partial charge in [0, 0.05) is 6.54 Å². The first kappa shape index (κ1) is 11.8. The van der Waals surface area contributed by atoms with Crippen LogP contribution in [0.5, 0.6) is 0 Å². The standard InChI is InChI=1S/C12H14ClNO/c1-2-3-9-14-12(15)11(13)10-7-5-4-6-8-10/h2,4-8,11H,1,3,9H2,(H,14,15). The maximum absolute atomic E-state index is 11.5. The number of nitrogens with one attached hydrogen (secondary N) is 1. The SMILES string of the molecule is C=CCCNC(=O)C(Cl)c1ccccc1. The van der Waals surface area contributed by atoms with Gasteiger partial charge in [-0.15, -0.1) is 18.2 Å². The molecule has 0 saturated heterocycles. The molecule has 15 heavy (non-hydrogen) atoms. The van der Waals surface area contributed by atoms with E-state index in [2.05, 4.69) is 11.9 Å². The molecule has 1 N–H and O–H groups in total. The average molecular weight is 224 g/mol. The van der Waals surface area contributed by atoms with E-state index in [0.29, 0.717) is 6.54 Å². The minimum absolute atomic E-state index is 0.162. The van der Waals surface area contributed by atoms with Gasteiger partial charge in [0.05, 0.1) is 0 Å². The Hall–Kier alpha value is -1.28. The molecule has 1 unspecified atom stereocenters. The minimum Gasteiger partial charge on any atom is -0.354 e. The topological polar surface area (TPSA) is 29.1 Å². The number of hydrogen-bond acceptors (Lipinski definition) is 1. The summed E-state index contributed by atoms with van der Waals surface area (Å²) in [6.07, 6.45) is 2.51. The van der Waals surface area contributed by atoms with Crippen molar-refractivity contribution < 1.29 is 4.79 Å². The van der Waals surface area contributed by atoms with Crippen LogP contribution in [0.3, 0.4) is 0 Å². The summed E-state index contributed by atoms with van der Waals surface area (Å²) in [4.78, 5) is 11.5. The average Bonchev–Trinajstić information content (AvgIpc) is 2.29. The van der Waals surface area contributed by atoms with Crippen LogP contribution >= 0.6 is 11.6 Å². The Morgan fingerprint density at radius 3 is 2.73 bits per heavy atom. The zero-order valence-corrected chi connectivity index (χ0v) is 9.20. The molecule has 1 aromatic rings. The van der Waals surface area contributed by atoms with Crippen LogP contribution in [0.2, 0.25) is 0 Å². The smallest absolute Gasteiger partial charge is 0.242 e. The molecule has 0 spiro atoms. The van der Waals surface area contributed by atoms with Crippen LogP contribution in [0.25, 0.3) is 0 Å². The molecule has 1 amide bonds. The second-order valence-corrected chi connectivity index (χ2v) is 3.58. The molecule has 0 aliphatic rings. The third-order valence-corrected chi connectivity index (χ3v) is 2.42. The van der Waals surface area contributed by atoms with Gasteiger partial charge in [0.2, 0.25) is 5.91 Å². The Kier molecular flexibility index (Phi) is 4.91. The predicted molar refractivity (Wildman–Crippen MR) is 62.9 cm³/mol. The molecule has 3 heteroatoms. The van der Waals surface area contributed by atoms with Gasteiger partial charge in [0.1, 0.15) is 5.38 Å². The Morgan fingerprint density at radius 2 is 2.13 bits per heavy atom. The third kappa shape index (κ3) is 3.76. The summed E-state index contributed by atoms with van der Waals surface area (Å²) in [6, 6.07) is 9.29. The van der Waals surface area contributed by atoms with E-state index in [4.69, 9.17) is 11.6 Å². The summed E-state index contributed by atoms with van der Waals surface area (Å²) < 4.78 is 0. The predicted octanol–water partition coefficient (Wildman–Crippen LogP) is 2.66. The van der Waals surface area contributed by atoms with Crippen LogP contribution in [0, 0.1) is 0 Å². The summed E-state index contributed by atoms with van der Waals surface area (Å²) in [7, 11) is 0. The van der Waals surface area contributed by atoms with Crippen LogP contribution < -0.4 is 5.32 Å². The highest BCUT2D eigenvalue weighted by molar-refractivity contribution is 6.30. The molecule has 0 heterocycles. The van der Waals surface area contributed by atoms with Crippen molar-refractivity contribution in [3.8, 4) is 0 Å². The molecule has 1 rings (SSSR count). The number of amides is 1. The van der Waals surface area contributed by atoms with Gasteiger partial charge in [-0.25, -0.2) is 0 Å². The second-order valence-electron chi connectivity index (χ2n) is 3.14. The third-order valence-electron chi connectivity index (χ3n) is 1.97. The molecule has 0 aliphatic carbocycles. The van der Waals surface area contributed by atoms with Crippen molar-refractivity contribution in [1.82, 2.24) is 5.32 Å². The maximum Gasteiger partial charge on any atom is 0.242 e. The van der Waals surface area contributed by atoms with E-state index in [0.717, 1.165) is 12.0 Å². The largest absolute Gasteiger partial charge is 0.354 e. The first-order valence-electron chi connectivity index (χ1n) is 4.83. The van der Waals surface area contributed by atoms with Crippen molar-refractivity contribution in [1.29, 1.82) is 0 Å². The van der Waals surface area contributed by atoms with E-state index in [-0.39, 0.29) is 5.91 Å². The monoisotopic (exact) mass is 223 g/mol. The van der Waals surface area contributed by atoms with Gasteiger partial charge in [-0.05, 0) is 12.0 Å². The molecule has 2 nitrogen and oxygen atoms in total. The molecule has 0 aliphatic heterocycles. The van der Waals surface area contributed by atoms with Crippen LogP contribution in [0.15, 0.2) is 43.0 Å². The lowest BCUT2D eigenvalue weighted by atomic mass is 10.1. The molecule has 0 fully saturated rings. The number of carbonyl (C=O) groups excluding carboxylic acids is 1. The Bertz CT molecular complexity index is 324. The zero-order valence-electron chi connectivity index (χ0n) is 8.45. The van der Waals surface area contributed by atoms with Gasteiger partial charge < -0.3 is 5.32 Å². The lowest BCUT2D eigenvalue weighted by Gasteiger charge is -2.09. The number of carbonyl (C=O) groups is 1. The normalized spacial score (nSPS) is 11.8. The molecule has 80 valence electrons. The van der Waals surface area contributed by atoms with Crippen molar-refractivity contribution in [3.05, 3.63) is 48.6 Å². The zero-order chi connectivity index (χ0) is 11.1. The van der Waals surface area contributed by atoms with Crippen molar-refractivity contribution in [2.45, 2.75) is 11.8 Å². The molecule has 0 bridgehead atoms. The molecule has 1 aromatic carbocycles. The number of hydrogen-bond donors (Lipinski definition) is 1. The number of alkyl halides is 1. The first-order chi connectivity index (χ1) is 7.25. The van der Waals surface area contributed by atoms with Gasteiger partial charge in [0.25, 0.3) is 0 Å². The van der Waals surface area contributed by atoms with Gasteiger partial charge in [-0.2, -0.15) is 0 Å². The van der Waals surface area contributed by atoms with Crippen molar-refractivity contribution in [2.24, 2.45) is 0 Å². The van der Waals surface area contributed by atoms with Crippen LogP contribution in [-0.2, 0) is 4.79 Å². The summed E-state index contributed by atoms with van der Waals surface area (Å²) in [5.41, 5.74) is 0.815. The van der Waals surface area contributed by atoms with E-state index in [1.807, 2.05) is 30.3 Å². The van der Waals surface area contributed by atoms with Crippen molar-refractivity contribution in [2.75, 3.05) is 6.54 Å². The lowest BCUT2D eigenvalue weighted by Crippen LogP contribution is -2.27. The fourth-order valence-electron chi connectivity index (χ4n) is 1.16. The molecule has 0 saturated carbocycles. The van der Waals surface area contributed by atoms with Gasteiger partial charge in [0.15, 0.2) is 0 Å². The molecule has 1 atom stereocenters. The molecule has 0 radical (unpaired) electrons. The number of rotatable bonds is 5. The highest BCUT2D eigenvalue weighted by atomic mass is 35.5. The van der Waals surface area contributed by atoms with Crippen LogP contribution in [0.1, 0.15) is 17.4 Å². The fraction of sp³-hybridized carbons (Fsp3) is 0.250. The van der Waals surface area contributed by atoms with Gasteiger partial charge in [-0.1, -0.05) is 36.4 Å². The van der Waals surface area contributed by atoms with Crippen LogP contribution in [-0.4, -0.2) is 12.5 Å². The van der Waals surface area contributed by atoms with E-state index in [9.17, 15) is 4.79 Å². The highest BCUT2D eigenvalue weighted by Gasteiger charge is 2.15. The van der Waals surface area contributed by atoms with E-state index >= 15 is 0 Å². The highest BCUT2D eigenvalue weighted by Crippen LogP contribution is 2.19. The summed E-state index contributed by atoms with van der Waals surface area (Å²) in [5, 5.41) is 2.12. The first-order valence-corrected chi connectivity index (χ1v) is 5.27.